The lowest BCUT2D eigenvalue weighted by Gasteiger charge is -2.25. The van der Waals surface area contributed by atoms with Gasteiger partial charge in [-0.15, -0.1) is 0 Å². The lowest BCUT2D eigenvalue weighted by Crippen LogP contribution is -2.37. The second-order valence-corrected chi connectivity index (χ2v) is 4.62. The van der Waals surface area contributed by atoms with Crippen LogP contribution < -0.4 is 11.1 Å². The van der Waals surface area contributed by atoms with Crippen molar-refractivity contribution in [2.45, 2.75) is 25.8 Å². The highest BCUT2D eigenvalue weighted by Gasteiger charge is 2.16. The molecule has 1 aliphatic carbocycles. The highest BCUT2D eigenvalue weighted by molar-refractivity contribution is 5.77. The van der Waals surface area contributed by atoms with Crippen LogP contribution in [0, 0.1) is 17.6 Å². The summed E-state index contributed by atoms with van der Waals surface area (Å²) in [4.78, 5) is 4.00. The summed E-state index contributed by atoms with van der Waals surface area (Å²) in [5, 5.41) is 3.00. The first-order chi connectivity index (χ1) is 8.65. The van der Waals surface area contributed by atoms with E-state index in [1.165, 1.54) is 19.3 Å². The van der Waals surface area contributed by atoms with E-state index < -0.39 is 11.6 Å². The van der Waals surface area contributed by atoms with E-state index in [1.54, 1.807) is 0 Å². The molecule has 0 heterocycles. The molecule has 0 saturated heterocycles. The zero-order valence-corrected chi connectivity index (χ0v) is 10.1. The Morgan fingerprint density at radius 2 is 2.17 bits per heavy atom. The number of nitrogens with one attached hydrogen (secondary N) is 1. The molecule has 18 heavy (non-hydrogen) atoms. The Kier molecular flexibility index (Phi) is 4.12. The van der Waals surface area contributed by atoms with Gasteiger partial charge >= 0.3 is 0 Å². The number of aliphatic imine (C=N–C) groups is 1. The van der Waals surface area contributed by atoms with Gasteiger partial charge in [0.05, 0.1) is 6.54 Å². The van der Waals surface area contributed by atoms with Gasteiger partial charge in [-0.05, 0) is 37.0 Å². The van der Waals surface area contributed by atoms with E-state index in [-0.39, 0.29) is 18.1 Å². The van der Waals surface area contributed by atoms with Crippen molar-refractivity contribution >= 4 is 5.96 Å². The van der Waals surface area contributed by atoms with Gasteiger partial charge in [0.2, 0.25) is 0 Å². The van der Waals surface area contributed by atoms with Crippen LogP contribution in [0.3, 0.4) is 0 Å². The Morgan fingerprint density at radius 3 is 2.83 bits per heavy atom. The van der Waals surface area contributed by atoms with Crippen LogP contribution in [0.15, 0.2) is 23.2 Å². The van der Waals surface area contributed by atoms with Gasteiger partial charge in [-0.3, -0.25) is 0 Å². The molecule has 1 saturated carbocycles. The number of halogens is 2. The van der Waals surface area contributed by atoms with E-state index in [0.717, 1.165) is 24.7 Å². The molecule has 5 heteroatoms. The summed E-state index contributed by atoms with van der Waals surface area (Å²) in [7, 11) is 0. The molecule has 1 aromatic rings. The van der Waals surface area contributed by atoms with Crippen molar-refractivity contribution in [1.82, 2.24) is 5.32 Å². The maximum absolute atomic E-state index is 13.3. The summed E-state index contributed by atoms with van der Waals surface area (Å²) in [6.07, 6.45) is 3.72. The lowest BCUT2D eigenvalue weighted by atomic mass is 9.85. The average Bonchev–Trinajstić information content (AvgIpc) is 2.28. The molecule has 2 rings (SSSR count). The molecule has 1 aliphatic rings. The second kappa shape index (κ2) is 5.80. The Morgan fingerprint density at radius 1 is 1.39 bits per heavy atom. The van der Waals surface area contributed by atoms with Gasteiger partial charge in [0.1, 0.15) is 11.6 Å². The molecule has 3 N–H and O–H groups in total. The van der Waals surface area contributed by atoms with Crippen LogP contribution in [0.4, 0.5) is 8.78 Å². The fourth-order valence-electron chi connectivity index (χ4n) is 1.84. The normalized spacial score (nSPS) is 16.4. The quantitative estimate of drug-likeness (QED) is 0.638. The van der Waals surface area contributed by atoms with E-state index >= 15 is 0 Å². The van der Waals surface area contributed by atoms with Gasteiger partial charge in [-0.25, -0.2) is 13.8 Å². The number of hydrogen-bond acceptors (Lipinski definition) is 1. The Balaban J connectivity index is 1.86. The van der Waals surface area contributed by atoms with Crippen molar-refractivity contribution in [3.05, 3.63) is 35.4 Å². The maximum Gasteiger partial charge on any atom is 0.188 e. The van der Waals surface area contributed by atoms with Crippen molar-refractivity contribution in [1.29, 1.82) is 0 Å². The van der Waals surface area contributed by atoms with Crippen molar-refractivity contribution in [3.8, 4) is 0 Å². The van der Waals surface area contributed by atoms with Crippen LogP contribution in [0.1, 0.15) is 24.8 Å². The van der Waals surface area contributed by atoms with Gasteiger partial charge in [0, 0.05) is 12.1 Å². The summed E-state index contributed by atoms with van der Waals surface area (Å²) >= 11 is 0. The van der Waals surface area contributed by atoms with Crippen molar-refractivity contribution < 1.29 is 8.78 Å². The standard InChI is InChI=1S/C13H17F2N3/c14-11-4-5-12(15)10(6-11)8-18-13(16)17-7-9-2-1-3-9/h4-6,9H,1-3,7-8H2,(H3,16,17,18). The van der Waals surface area contributed by atoms with Gasteiger partial charge < -0.3 is 11.1 Å². The molecule has 0 amide bonds. The molecule has 1 aromatic carbocycles. The molecule has 0 spiro atoms. The predicted molar refractivity (Wildman–Crippen MR) is 67.0 cm³/mol. The molecule has 0 aromatic heterocycles. The van der Waals surface area contributed by atoms with Crippen molar-refractivity contribution in [2.24, 2.45) is 16.6 Å². The molecule has 98 valence electrons. The maximum atomic E-state index is 13.3. The minimum Gasteiger partial charge on any atom is -0.370 e. The molecular weight excluding hydrogens is 236 g/mol. The first-order valence-electron chi connectivity index (χ1n) is 6.13. The molecular formula is C13H17F2N3. The summed E-state index contributed by atoms with van der Waals surface area (Å²) in [6, 6.07) is 3.32. The van der Waals surface area contributed by atoms with E-state index in [9.17, 15) is 8.78 Å². The number of guanidine groups is 1. The summed E-state index contributed by atoms with van der Waals surface area (Å²) in [6.45, 7) is 0.855. The van der Waals surface area contributed by atoms with E-state index in [1.807, 2.05) is 0 Å². The molecule has 0 unspecified atom stereocenters. The Hall–Kier alpha value is -1.65. The van der Waals surface area contributed by atoms with E-state index in [0.29, 0.717) is 5.92 Å². The molecule has 0 atom stereocenters. The second-order valence-electron chi connectivity index (χ2n) is 4.62. The highest BCUT2D eigenvalue weighted by atomic mass is 19.1. The zero-order chi connectivity index (χ0) is 13.0. The van der Waals surface area contributed by atoms with Crippen LogP contribution >= 0.6 is 0 Å². The largest absolute Gasteiger partial charge is 0.370 e. The summed E-state index contributed by atoms with van der Waals surface area (Å²) in [5.41, 5.74) is 5.87. The van der Waals surface area contributed by atoms with E-state index in [2.05, 4.69) is 10.3 Å². The number of rotatable bonds is 4. The number of nitrogens with zero attached hydrogens (tertiary/aromatic N) is 1. The third kappa shape index (κ3) is 3.42. The monoisotopic (exact) mass is 253 g/mol. The third-order valence-electron chi connectivity index (χ3n) is 3.22. The predicted octanol–water partition coefficient (Wildman–Crippen LogP) is 2.17. The van der Waals surface area contributed by atoms with Crippen LogP contribution in [-0.4, -0.2) is 12.5 Å². The van der Waals surface area contributed by atoms with Crippen LogP contribution in [0.5, 0.6) is 0 Å². The van der Waals surface area contributed by atoms with Crippen LogP contribution in [0.2, 0.25) is 0 Å². The van der Waals surface area contributed by atoms with Gasteiger partial charge in [0.15, 0.2) is 5.96 Å². The highest BCUT2D eigenvalue weighted by Crippen LogP contribution is 2.24. The Bertz CT molecular complexity index is 442. The van der Waals surface area contributed by atoms with E-state index in [4.69, 9.17) is 5.73 Å². The van der Waals surface area contributed by atoms with Crippen LogP contribution in [0.25, 0.3) is 0 Å². The van der Waals surface area contributed by atoms with Gasteiger partial charge in [-0.2, -0.15) is 0 Å². The number of hydrogen-bond donors (Lipinski definition) is 2. The fourth-order valence-corrected chi connectivity index (χ4v) is 1.84. The molecule has 0 radical (unpaired) electrons. The zero-order valence-electron chi connectivity index (χ0n) is 10.1. The van der Waals surface area contributed by atoms with Crippen LogP contribution in [-0.2, 0) is 6.54 Å². The van der Waals surface area contributed by atoms with Gasteiger partial charge in [-0.1, -0.05) is 6.42 Å². The van der Waals surface area contributed by atoms with Crippen molar-refractivity contribution in [3.63, 3.8) is 0 Å². The molecule has 0 bridgehead atoms. The molecule has 3 nitrogen and oxygen atoms in total. The summed E-state index contributed by atoms with van der Waals surface area (Å²) < 4.78 is 26.2. The van der Waals surface area contributed by atoms with Crippen molar-refractivity contribution in [2.75, 3.05) is 6.54 Å². The minimum absolute atomic E-state index is 0.0487. The lowest BCUT2D eigenvalue weighted by molar-refractivity contribution is 0.315. The van der Waals surface area contributed by atoms with Gasteiger partial charge in [0.25, 0.3) is 0 Å². The minimum atomic E-state index is -0.470. The first kappa shape index (κ1) is 12.8. The fraction of sp³-hybridized carbons (Fsp3) is 0.462. The average molecular weight is 253 g/mol. The molecule has 0 aliphatic heterocycles. The first-order valence-corrected chi connectivity index (χ1v) is 6.13. The topological polar surface area (TPSA) is 50.4 Å². The SMILES string of the molecule is NC(=NCc1cc(F)ccc1F)NCC1CCC1. The number of benzene rings is 1. The Labute approximate surface area is 105 Å². The smallest absolute Gasteiger partial charge is 0.188 e. The summed E-state index contributed by atoms with van der Waals surface area (Å²) in [5.74, 6) is 0.0183. The number of nitrogens with two attached hydrogens (primary N) is 1. The molecule has 1 fully saturated rings. The third-order valence-corrected chi connectivity index (χ3v) is 3.22.